The van der Waals surface area contributed by atoms with Crippen molar-refractivity contribution in [3.05, 3.63) is 18.2 Å². The summed E-state index contributed by atoms with van der Waals surface area (Å²) in [6.45, 7) is 2.23. The van der Waals surface area contributed by atoms with Gasteiger partial charge in [-0.05, 0) is 13.5 Å². The fraction of sp³-hybridized carbons (Fsp3) is 0.733. The number of cyclic esters (lactones) is 1. The highest BCUT2D eigenvalue weighted by molar-refractivity contribution is 5.77. The van der Waals surface area contributed by atoms with Crippen LogP contribution in [0.5, 0.6) is 0 Å². The van der Waals surface area contributed by atoms with Crippen molar-refractivity contribution in [3.63, 3.8) is 0 Å². The largest absolute Gasteiger partial charge is 0.464 e. The third kappa shape index (κ3) is 3.15. The lowest BCUT2D eigenvalue weighted by molar-refractivity contribution is -0.142. The molecule has 2 fully saturated rings. The van der Waals surface area contributed by atoms with Gasteiger partial charge in [0.15, 0.2) is 0 Å². The van der Waals surface area contributed by atoms with Crippen molar-refractivity contribution in [3.8, 4) is 0 Å². The number of alkyl halides is 1. The van der Waals surface area contributed by atoms with Gasteiger partial charge >= 0.3 is 5.97 Å². The standard InChI is InChI=1S/C15H23FN4O2/c1-18-5-4-17-14(18)10-20-8-11(16)7-12(20)9-19(2)13-3-6-22-15(13)21/h4-5,11-13H,3,6-10H2,1-2H3/t11-,12-,13?/m0/s1. The molecule has 1 unspecified atom stereocenters. The van der Waals surface area contributed by atoms with Crippen LogP contribution < -0.4 is 0 Å². The summed E-state index contributed by atoms with van der Waals surface area (Å²) in [5.74, 6) is 0.773. The minimum Gasteiger partial charge on any atom is -0.464 e. The first-order chi connectivity index (χ1) is 10.5. The molecule has 7 heteroatoms. The number of imidazole rings is 1. The highest BCUT2D eigenvalue weighted by atomic mass is 19.1. The second kappa shape index (κ2) is 6.34. The summed E-state index contributed by atoms with van der Waals surface area (Å²) in [7, 11) is 3.86. The van der Waals surface area contributed by atoms with E-state index in [2.05, 4.69) is 9.88 Å². The maximum atomic E-state index is 13.9. The van der Waals surface area contributed by atoms with Gasteiger partial charge in [0.05, 0.1) is 13.2 Å². The number of carbonyl (C=O) groups is 1. The predicted octanol–water partition coefficient (Wildman–Crippen LogP) is 0.580. The molecular weight excluding hydrogens is 287 g/mol. The van der Waals surface area contributed by atoms with Gasteiger partial charge in [-0.25, -0.2) is 9.37 Å². The molecule has 0 aromatic carbocycles. The maximum Gasteiger partial charge on any atom is 0.323 e. The van der Waals surface area contributed by atoms with Crippen molar-refractivity contribution in [2.45, 2.75) is 37.6 Å². The highest BCUT2D eigenvalue weighted by Crippen LogP contribution is 2.24. The maximum absolute atomic E-state index is 13.9. The Labute approximate surface area is 129 Å². The number of likely N-dealkylation sites (N-methyl/N-ethyl adjacent to an activating group) is 1. The zero-order chi connectivity index (χ0) is 15.7. The van der Waals surface area contributed by atoms with Gasteiger partial charge in [0, 0.05) is 45.0 Å². The van der Waals surface area contributed by atoms with Crippen molar-refractivity contribution in [1.82, 2.24) is 19.4 Å². The van der Waals surface area contributed by atoms with E-state index in [4.69, 9.17) is 4.74 Å². The minimum atomic E-state index is -0.811. The zero-order valence-electron chi connectivity index (χ0n) is 13.1. The number of aryl methyl sites for hydroxylation is 1. The third-order valence-corrected chi connectivity index (χ3v) is 4.68. The van der Waals surface area contributed by atoms with Gasteiger partial charge in [0.25, 0.3) is 0 Å². The van der Waals surface area contributed by atoms with E-state index >= 15 is 0 Å². The van der Waals surface area contributed by atoms with Crippen molar-refractivity contribution in [1.29, 1.82) is 0 Å². The molecule has 2 aliphatic heterocycles. The molecular formula is C15H23FN4O2. The second-order valence-corrected chi connectivity index (χ2v) is 6.28. The van der Waals surface area contributed by atoms with Crippen molar-refractivity contribution >= 4 is 5.97 Å². The molecule has 0 saturated carbocycles. The lowest BCUT2D eigenvalue weighted by atomic mass is 10.1. The molecule has 0 spiro atoms. The molecule has 3 atom stereocenters. The van der Waals surface area contributed by atoms with Crippen LogP contribution in [0.15, 0.2) is 12.4 Å². The number of hydrogen-bond donors (Lipinski definition) is 0. The first-order valence-corrected chi connectivity index (χ1v) is 7.76. The molecule has 22 heavy (non-hydrogen) atoms. The number of rotatable bonds is 5. The molecule has 0 radical (unpaired) electrons. The van der Waals surface area contributed by atoms with Gasteiger partial charge in [0.1, 0.15) is 18.0 Å². The number of aromatic nitrogens is 2. The number of hydrogen-bond acceptors (Lipinski definition) is 5. The third-order valence-electron chi connectivity index (χ3n) is 4.68. The van der Waals surface area contributed by atoms with Gasteiger partial charge in [-0.15, -0.1) is 0 Å². The number of ether oxygens (including phenoxy) is 1. The molecule has 3 heterocycles. The predicted molar refractivity (Wildman–Crippen MR) is 78.9 cm³/mol. The van der Waals surface area contributed by atoms with Gasteiger partial charge in [0.2, 0.25) is 0 Å². The Morgan fingerprint density at radius 3 is 3.00 bits per heavy atom. The van der Waals surface area contributed by atoms with Gasteiger partial charge < -0.3 is 9.30 Å². The smallest absolute Gasteiger partial charge is 0.323 e. The Hall–Kier alpha value is -1.47. The van der Waals surface area contributed by atoms with Crippen molar-refractivity contribution in [2.75, 3.05) is 26.7 Å². The molecule has 0 N–H and O–H groups in total. The topological polar surface area (TPSA) is 50.6 Å². The van der Waals surface area contributed by atoms with Crippen molar-refractivity contribution in [2.24, 2.45) is 7.05 Å². The second-order valence-electron chi connectivity index (χ2n) is 6.28. The summed E-state index contributed by atoms with van der Waals surface area (Å²) in [6.07, 6.45) is 4.08. The van der Waals surface area contributed by atoms with E-state index in [1.807, 2.05) is 29.8 Å². The van der Waals surface area contributed by atoms with Crippen LogP contribution in [0.4, 0.5) is 4.39 Å². The molecule has 1 aromatic rings. The summed E-state index contributed by atoms with van der Waals surface area (Å²) in [4.78, 5) is 20.1. The molecule has 2 saturated heterocycles. The van der Waals surface area contributed by atoms with Crippen LogP contribution in [-0.4, -0.2) is 70.3 Å². The molecule has 6 nitrogen and oxygen atoms in total. The van der Waals surface area contributed by atoms with Crippen LogP contribution in [0.2, 0.25) is 0 Å². The van der Waals surface area contributed by atoms with Crippen LogP contribution in [0, 0.1) is 0 Å². The van der Waals surface area contributed by atoms with Crippen molar-refractivity contribution < 1.29 is 13.9 Å². The molecule has 122 valence electrons. The summed E-state index contributed by atoms with van der Waals surface area (Å²) in [6, 6.07) is -0.0845. The van der Waals surface area contributed by atoms with Crippen LogP contribution in [-0.2, 0) is 23.1 Å². The number of carbonyl (C=O) groups excluding carboxylic acids is 1. The molecule has 2 aliphatic rings. The lowest BCUT2D eigenvalue weighted by Crippen LogP contribution is -2.44. The van der Waals surface area contributed by atoms with Crippen LogP contribution in [0.1, 0.15) is 18.7 Å². The van der Waals surface area contributed by atoms with Crippen LogP contribution >= 0.6 is 0 Å². The monoisotopic (exact) mass is 310 g/mol. The molecule has 3 rings (SSSR count). The van der Waals surface area contributed by atoms with E-state index in [9.17, 15) is 9.18 Å². The fourth-order valence-electron chi connectivity index (χ4n) is 3.38. The number of halogens is 1. The summed E-state index contributed by atoms with van der Waals surface area (Å²) >= 11 is 0. The number of nitrogens with zero attached hydrogens (tertiary/aromatic N) is 4. The van der Waals surface area contributed by atoms with Crippen LogP contribution in [0.3, 0.4) is 0 Å². The summed E-state index contributed by atoms with van der Waals surface area (Å²) in [5, 5.41) is 0. The average Bonchev–Trinajstić information content (AvgIpc) is 3.14. The van der Waals surface area contributed by atoms with Gasteiger partial charge in [-0.2, -0.15) is 0 Å². The number of likely N-dealkylation sites (tertiary alicyclic amines) is 1. The first-order valence-electron chi connectivity index (χ1n) is 7.76. The van der Waals surface area contributed by atoms with E-state index < -0.39 is 6.17 Å². The molecule has 0 aliphatic carbocycles. The molecule has 1 aromatic heterocycles. The Morgan fingerprint density at radius 1 is 1.55 bits per heavy atom. The molecule has 0 bridgehead atoms. The first kappa shape index (κ1) is 15.4. The highest BCUT2D eigenvalue weighted by Gasteiger charge is 2.37. The number of esters is 1. The average molecular weight is 310 g/mol. The van der Waals surface area contributed by atoms with Gasteiger partial charge in [-0.1, -0.05) is 0 Å². The summed E-state index contributed by atoms with van der Waals surface area (Å²) < 4.78 is 20.9. The Kier molecular flexibility index (Phi) is 4.44. The Morgan fingerprint density at radius 2 is 2.36 bits per heavy atom. The van der Waals surface area contributed by atoms with E-state index in [1.54, 1.807) is 6.20 Å². The van der Waals surface area contributed by atoms with E-state index in [0.717, 1.165) is 12.2 Å². The van der Waals surface area contributed by atoms with E-state index in [1.165, 1.54) is 0 Å². The van der Waals surface area contributed by atoms with Gasteiger partial charge in [-0.3, -0.25) is 14.6 Å². The zero-order valence-corrected chi connectivity index (χ0v) is 13.1. The SMILES string of the molecule is CN(C[C@@H]1C[C@H](F)CN1Cc1nccn1C)C1CCOC1=O. The quantitative estimate of drug-likeness (QED) is 0.745. The normalized spacial score (nSPS) is 29.5. The lowest BCUT2D eigenvalue weighted by Gasteiger charge is -2.29. The minimum absolute atomic E-state index is 0.102. The van der Waals surface area contributed by atoms with E-state index in [0.29, 0.717) is 32.7 Å². The Balaban J connectivity index is 1.63. The summed E-state index contributed by atoms with van der Waals surface area (Å²) in [5.41, 5.74) is 0. The fourth-order valence-corrected chi connectivity index (χ4v) is 3.38. The van der Waals surface area contributed by atoms with Crippen LogP contribution in [0.25, 0.3) is 0 Å². The Bertz CT molecular complexity index is 535. The molecule has 0 amide bonds. The van der Waals surface area contributed by atoms with E-state index in [-0.39, 0.29) is 18.1 Å².